The van der Waals surface area contributed by atoms with Gasteiger partial charge in [0.25, 0.3) is 0 Å². The first-order chi connectivity index (χ1) is 7.70. The van der Waals surface area contributed by atoms with Gasteiger partial charge in [0.1, 0.15) is 0 Å². The van der Waals surface area contributed by atoms with Crippen LogP contribution in [0, 0.1) is 5.92 Å². The molecule has 1 aromatic rings. The third-order valence-electron chi connectivity index (χ3n) is 3.28. The first kappa shape index (κ1) is 11.4. The molecule has 0 amide bonds. The molecule has 0 bridgehead atoms. The van der Waals surface area contributed by atoms with Gasteiger partial charge in [-0.05, 0) is 31.0 Å². The lowest BCUT2D eigenvalue weighted by Gasteiger charge is -2.19. The Labute approximate surface area is 96.3 Å². The van der Waals surface area contributed by atoms with Crippen molar-refractivity contribution < 1.29 is 10.2 Å². The van der Waals surface area contributed by atoms with Crippen LogP contribution in [0.2, 0.25) is 0 Å². The Kier molecular flexibility index (Phi) is 3.46. The second-order valence-electron chi connectivity index (χ2n) is 4.55. The molecule has 2 rings (SSSR count). The van der Waals surface area contributed by atoms with E-state index in [0.717, 1.165) is 25.1 Å². The van der Waals surface area contributed by atoms with Gasteiger partial charge in [-0.2, -0.15) is 0 Å². The summed E-state index contributed by atoms with van der Waals surface area (Å²) in [6.07, 6.45) is 0.659. The summed E-state index contributed by atoms with van der Waals surface area (Å²) in [6, 6.07) is 8.02. The number of aliphatic hydroxyl groups is 2. The molecular weight excluding hydrogens is 202 g/mol. The van der Waals surface area contributed by atoms with Crippen LogP contribution >= 0.6 is 0 Å². The highest BCUT2D eigenvalue weighted by Gasteiger charge is 2.21. The number of aliphatic hydroxyl groups excluding tert-OH is 2. The molecule has 0 aromatic heterocycles. The number of rotatable bonds is 3. The predicted octanol–water partition coefficient (Wildman–Crippen LogP) is 1.56. The van der Waals surface area contributed by atoms with Crippen LogP contribution < -0.4 is 4.90 Å². The predicted molar refractivity (Wildman–Crippen MR) is 64.5 cm³/mol. The fourth-order valence-electron chi connectivity index (χ4n) is 2.18. The Morgan fingerprint density at radius 2 is 2.06 bits per heavy atom. The van der Waals surface area contributed by atoms with Crippen molar-refractivity contribution in [1.29, 1.82) is 0 Å². The fourth-order valence-corrected chi connectivity index (χ4v) is 2.18. The van der Waals surface area contributed by atoms with Gasteiger partial charge in [-0.1, -0.05) is 12.1 Å². The Morgan fingerprint density at radius 1 is 1.38 bits per heavy atom. The lowest BCUT2D eigenvalue weighted by atomic mass is 10.1. The monoisotopic (exact) mass is 221 g/mol. The fraction of sp³-hybridized carbons (Fsp3) is 0.538. The zero-order valence-corrected chi connectivity index (χ0v) is 9.63. The van der Waals surface area contributed by atoms with Crippen LogP contribution in [0.25, 0.3) is 0 Å². The first-order valence-corrected chi connectivity index (χ1v) is 5.84. The Hall–Kier alpha value is -1.06. The third-order valence-corrected chi connectivity index (χ3v) is 3.28. The van der Waals surface area contributed by atoms with E-state index in [1.807, 2.05) is 24.3 Å². The lowest BCUT2D eigenvalue weighted by molar-refractivity contribution is 0.199. The summed E-state index contributed by atoms with van der Waals surface area (Å²) in [6.45, 7) is 4.00. The summed E-state index contributed by atoms with van der Waals surface area (Å²) in [5, 5.41) is 18.5. The zero-order chi connectivity index (χ0) is 11.5. The Morgan fingerprint density at radius 3 is 2.56 bits per heavy atom. The van der Waals surface area contributed by atoms with E-state index in [1.54, 1.807) is 6.92 Å². The smallest absolute Gasteiger partial charge is 0.0761 e. The minimum absolute atomic E-state index is 0.280. The molecule has 0 radical (unpaired) electrons. The number of nitrogens with zero attached hydrogens (tertiary/aromatic N) is 1. The molecule has 3 nitrogen and oxygen atoms in total. The maximum Gasteiger partial charge on any atom is 0.0761 e. The minimum Gasteiger partial charge on any atom is -0.396 e. The van der Waals surface area contributed by atoms with Crippen molar-refractivity contribution in [2.45, 2.75) is 19.4 Å². The number of anilines is 1. The van der Waals surface area contributed by atoms with E-state index in [0.29, 0.717) is 5.92 Å². The topological polar surface area (TPSA) is 43.7 Å². The highest BCUT2D eigenvalue weighted by molar-refractivity contribution is 5.48. The van der Waals surface area contributed by atoms with Gasteiger partial charge in [-0.25, -0.2) is 0 Å². The quantitative estimate of drug-likeness (QED) is 0.814. The van der Waals surface area contributed by atoms with E-state index >= 15 is 0 Å². The van der Waals surface area contributed by atoms with Gasteiger partial charge in [0.05, 0.1) is 6.10 Å². The lowest BCUT2D eigenvalue weighted by Crippen LogP contribution is -2.20. The van der Waals surface area contributed by atoms with Crippen molar-refractivity contribution in [2.75, 3.05) is 24.6 Å². The summed E-state index contributed by atoms with van der Waals surface area (Å²) in [7, 11) is 0. The van der Waals surface area contributed by atoms with E-state index in [4.69, 9.17) is 5.11 Å². The molecule has 1 aliphatic rings. The molecular formula is C13H19NO2. The van der Waals surface area contributed by atoms with Gasteiger partial charge in [0, 0.05) is 31.3 Å². The number of hydrogen-bond donors (Lipinski definition) is 2. The Bertz CT molecular complexity index is 334. The summed E-state index contributed by atoms with van der Waals surface area (Å²) in [4.78, 5) is 2.28. The Balaban J connectivity index is 2.05. The van der Waals surface area contributed by atoms with Gasteiger partial charge in [0.15, 0.2) is 0 Å². The van der Waals surface area contributed by atoms with Crippen LogP contribution in [-0.2, 0) is 0 Å². The zero-order valence-electron chi connectivity index (χ0n) is 9.63. The molecule has 1 aliphatic heterocycles. The molecule has 1 fully saturated rings. The average Bonchev–Trinajstić information content (AvgIpc) is 2.77. The van der Waals surface area contributed by atoms with Crippen molar-refractivity contribution >= 4 is 5.69 Å². The van der Waals surface area contributed by atoms with Crippen molar-refractivity contribution in [3.63, 3.8) is 0 Å². The van der Waals surface area contributed by atoms with E-state index < -0.39 is 6.10 Å². The summed E-state index contributed by atoms with van der Waals surface area (Å²) in [5.74, 6) is 0.413. The molecule has 3 heteroatoms. The van der Waals surface area contributed by atoms with E-state index in [1.165, 1.54) is 5.69 Å². The van der Waals surface area contributed by atoms with Crippen molar-refractivity contribution in [3.8, 4) is 0 Å². The summed E-state index contributed by atoms with van der Waals surface area (Å²) >= 11 is 0. The molecule has 1 aromatic carbocycles. The van der Waals surface area contributed by atoms with E-state index in [9.17, 15) is 5.11 Å². The van der Waals surface area contributed by atoms with Gasteiger partial charge < -0.3 is 15.1 Å². The number of benzene rings is 1. The van der Waals surface area contributed by atoms with Crippen LogP contribution in [0.15, 0.2) is 24.3 Å². The second kappa shape index (κ2) is 4.85. The molecule has 0 saturated carbocycles. The van der Waals surface area contributed by atoms with E-state index in [2.05, 4.69) is 4.90 Å². The molecule has 88 valence electrons. The van der Waals surface area contributed by atoms with Gasteiger partial charge in [0.2, 0.25) is 0 Å². The number of hydrogen-bond acceptors (Lipinski definition) is 3. The molecule has 1 heterocycles. The molecule has 2 atom stereocenters. The maximum atomic E-state index is 9.41. The van der Waals surface area contributed by atoms with Crippen LogP contribution in [0.1, 0.15) is 25.0 Å². The standard InChI is InChI=1S/C13H19NO2/c1-10(16)12-2-4-13(5-3-12)14-7-6-11(8-14)9-15/h2-5,10-11,15-16H,6-9H2,1H3/t10-,11?/m0/s1. The largest absolute Gasteiger partial charge is 0.396 e. The van der Waals surface area contributed by atoms with Gasteiger partial charge >= 0.3 is 0 Å². The van der Waals surface area contributed by atoms with Crippen LogP contribution in [-0.4, -0.2) is 29.9 Å². The first-order valence-electron chi connectivity index (χ1n) is 5.84. The van der Waals surface area contributed by atoms with Crippen LogP contribution in [0.4, 0.5) is 5.69 Å². The molecule has 2 N–H and O–H groups in total. The van der Waals surface area contributed by atoms with Crippen molar-refractivity contribution in [3.05, 3.63) is 29.8 Å². The van der Waals surface area contributed by atoms with Crippen LogP contribution in [0.3, 0.4) is 0 Å². The molecule has 1 saturated heterocycles. The third kappa shape index (κ3) is 2.36. The molecule has 0 aliphatic carbocycles. The maximum absolute atomic E-state index is 9.41. The van der Waals surface area contributed by atoms with Crippen molar-refractivity contribution in [1.82, 2.24) is 0 Å². The minimum atomic E-state index is -0.405. The van der Waals surface area contributed by atoms with Crippen LogP contribution in [0.5, 0.6) is 0 Å². The molecule has 0 spiro atoms. The second-order valence-corrected chi connectivity index (χ2v) is 4.55. The normalized spacial score (nSPS) is 22.4. The van der Waals surface area contributed by atoms with Gasteiger partial charge in [-0.15, -0.1) is 0 Å². The van der Waals surface area contributed by atoms with Crippen molar-refractivity contribution in [2.24, 2.45) is 5.92 Å². The SMILES string of the molecule is C[C@H](O)c1ccc(N2CCC(CO)C2)cc1. The summed E-state index contributed by atoms with van der Waals surface area (Å²) in [5.41, 5.74) is 2.13. The molecule has 1 unspecified atom stereocenters. The van der Waals surface area contributed by atoms with Gasteiger partial charge in [-0.3, -0.25) is 0 Å². The van der Waals surface area contributed by atoms with E-state index in [-0.39, 0.29) is 6.61 Å². The highest BCUT2D eigenvalue weighted by atomic mass is 16.3. The summed E-state index contributed by atoms with van der Waals surface area (Å²) < 4.78 is 0. The molecule has 16 heavy (non-hydrogen) atoms. The average molecular weight is 221 g/mol. The highest BCUT2D eigenvalue weighted by Crippen LogP contribution is 2.24.